The lowest BCUT2D eigenvalue weighted by Crippen LogP contribution is -2.26. The van der Waals surface area contributed by atoms with Crippen LogP contribution in [0.1, 0.15) is 33.4 Å². The summed E-state index contributed by atoms with van der Waals surface area (Å²) in [5.74, 6) is -0.311. The number of hydrogen-bond donors (Lipinski definition) is 1. The molecule has 1 aliphatic rings. The Hall–Kier alpha value is -0.340. The smallest absolute Gasteiger partial charge is 0.0836 e. The van der Waals surface area contributed by atoms with Gasteiger partial charge in [-0.25, -0.2) is 0 Å². The van der Waals surface area contributed by atoms with E-state index in [0.717, 1.165) is 6.08 Å². The first-order chi connectivity index (χ1) is 7.61. The third kappa shape index (κ3) is 1.87. The maximum absolute atomic E-state index is 9.04. The molecule has 1 heterocycles. The minimum absolute atomic E-state index is 0.0564. The average Bonchev–Trinajstić information content (AvgIpc) is 2.48. The molecule has 1 fully saturated rings. The summed E-state index contributed by atoms with van der Waals surface area (Å²) in [4.78, 5) is 0. The largest absolute Gasteiger partial charge is 0.396 e. The molecule has 3 unspecified atom stereocenters. The van der Waals surface area contributed by atoms with E-state index in [-0.39, 0.29) is 18.9 Å². The van der Waals surface area contributed by atoms with E-state index in [4.69, 9.17) is 16.7 Å². The molecule has 0 aliphatic carbocycles. The van der Waals surface area contributed by atoms with Gasteiger partial charge in [0.1, 0.15) is 0 Å². The normalized spacial score (nSPS) is 49.5. The Morgan fingerprint density at radius 1 is 2.08 bits per heavy atom. The minimum atomic E-state index is -2.62. The summed E-state index contributed by atoms with van der Waals surface area (Å²) in [6, 6.07) is 0. The molecule has 70 valence electrons. The maximum atomic E-state index is 9.04. The molecule has 0 aromatic carbocycles. The zero-order valence-electron chi connectivity index (χ0n) is 12.2. The standard InChI is InChI=1S/C10H18O2/c1-4-10(3)6-5-9(12-10)8(2)7-11/h4,8-9,11H,1,5-7H2,2-3H3/i3D3,6D2. The molecule has 0 spiro atoms. The van der Waals surface area contributed by atoms with Crippen LogP contribution >= 0.6 is 0 Å². The Balaban J connectivity index is 3.12. The summed E-state index contributed by atoms with van der Waals surface area (Å²) >= 11 is 0. The third-order valence-electron chi connectivity index (χ3n) is 2.11. The SMILES string of the molecule is [2H]C([2H])([2H])C1(C=C)OC(C(C)CO)CC1([2H])[2H]. The van der Waals surface area contributed by atoms with Crippen LogP contribution in [0.2, 0.25) is 0 Å². The predicted molar refractivity (Wildman–Crippen MR) is 49.0 cm³/mol. The van der Waals surface area contributed by atoms with Crippen molar-refractivity contribution in [2.24, 2.45) is 5.92 Å². The van der Waals surface area contributed by atoms with Gasteiger partial charge in [-0.15, -0.1) is 6.58 Å². The zero-order chi connectivity index (χ0) is 13.5. The fourth-order valence-electron chi connectivity index (χ4n) is 1.13. The molecule has 2 nitrogen and oxygen atoms in total. The van der Waals surface area contributed by atoms with E-state index < -0.39 is 24.9 Å². The van der Waals surface area contributed by atoms with Crippen molar-refractivity contribution in [3.05, 3.63) is 12.7 Å². The van der Waals surface area contributed by atoms with Crippen molar-refractivity contribution in [2.75, 3.05) is 6.61 Å². The Kier molecular flexibility index (Phi) is 1.43. The molecule has 2 heteroatoms. The molecule has 12 heavy (non-hydrogen) atoms. The van der Waals surface area contributed by atoms with Crippen LogP contribution in [-0.4, -0.2) is 23.4 Å². The molecular weight excluding hydrogens is 152 g/mol. The number of aliphatic hydroxyl groups is 1. The van der Waals surface area contributed by atoms with Crippen molar-refractivity contribution >= 4 is 0 Å². The highest BCUT2D eigenvalue weighted by Crippen LogP contribution is 2.33. The molecule has 0 saturated carbocycles. The molecule has 1 aliphatic heterocycles. The highest BCUT2D eigenvalue weighted by atomic mass is 16.5. The van der Waals surface area contributed by atoms with Gasteiger partial charge in [-0.2, -0.15) is 0 Å². The third-order valence-corrected chi connectivity index (χ3v) is 2.11. The molecule has 0 aromatic heterocycles. The highest BCUT2D eigenvalue weighted by Gasteiger charge is 2.35. The summed E-state index contributed by atoms with van der Waals surface area (Å²) in [6.07, 6.45) is -1.66. The van der Waals surface area contributed by atoms with Crippen molar-refractivity contribution in [1.82, 2.24) is 0 Å². The van der Waals surface area contributed by atoms with Gasteiger partial charge in [0.05, 0.1) is 11.7 Å². The van der Waals surface area contributed by atoms with Crippen LogP contribution in [0.4, 0.5) is 0 Å². The summed E-state index contributed by atoms with van der Waals surface area (Å²) in [6.45, 7) is 2.31. The van der Waals surface area contributed by atoms with Crippen LogP contribution in [0.3, 0.4) is 0 Å². The van der Waals surface area contributed by atoms with Crippen LogP contribution in [0.5, 0.6) is 0 Å². The first-order valence-corrected chi connectivity index (χ1v) is 4.03. The Bertz CT molecular complexity index is 302. The van der Waals surface area contributed by atoms with E-state index in [9.17, 15) is 0 Å². The van der Waals surface area contributed by atoms with E-state index in [1.54, 1.807) is 6.92 Å². The van der Waals surface area contributed by atoms with Crippen molar-refractivity contribution < 1.29 is 16.7 Å². The fourth-order valence-corrected chi connectivity index (χ4v) is 1.13. The Morgan fingerprint density at radius 2 is 2.83 bits per heavy atom. The topological polar surface area (TPSA) is 29.5 Å². The average molecular weight is 175 g/mol. The summed E-state index contributed by atoms with van der Waals surface area (Å²) in [7, 11) is 0. The summed E-state index contributed by atoms with van der Waals surface area (Å²) in [5.41, 5.74) is -1.99. The van der Waals surface area contributed by atoms with Gasteiger partial charge >= 0.3 is 0 Å². The van der Waals surface area contributed by atoms with E-state index in [2.05, 4.69) is 6.58 Å². The maximum Gasteiger partial charge on any atom is 0.0836 e. The zero-order valence-corrected chi connectivity index (χ0v) is 7.21. The van der Waals surface area contributed by atoms with E-state index in [0.29, 0.717) is 0 Å². The van der Waals surface area contributed by atoms with Gasteiger partial charge in [0.2, 0.25) is 0 Å². The molecule has 1 saturated heterocycles. The molecule has 0 aromatic rings. The van der Waals surface area contributed by atoms with Crippen molar-refractivity contribution in [2.45, 2.75) is 38.3 Å². The predicted octanol–water partition coefficient (Wildman–Crippen LogP) is 1.74. The molecular formula is C10H18O2. The van der Waals surface area contributed by atoms with Crippen LogP contribution in [0.15, 0.2) is 12.7 Å². The molecule has 0 bridgehead atoms. The number of aliphatic hydroxyl groups excluding tert-OH is 1. The van der Waals surface area contributed by atoms with Gasteiger partial charge in [-0.1, -0.05) is 13.0 Å². The second kappa shape index (κ2) is 3.58. The first kappa shape index (κ1) is 4.77. The highest BCUT2D eigenvalue weighted by molar-refractivity contribution is 4.99. The van der Waals surface area contributed by atoms with Crippen molar-refractivity contribution in [1.29, 1.82) is 0 Å². The molecule has 1 rings (SSSR count). The van der Waals surface area contributed by atoms with E-state index in [1.165, 1.54) is 0 Å². The second-order valence-electron chi connectivity index (χ2n) is 3.14. The fraction of sp³-hybridized carbons (Fsp3) is 0.800. The van der Waals surface area contributed by atoms with Gasteiger partial charge in [0.25, 0.3) is 0 Å². The van der Waals surface area contributed by atoms with E-state index >= 15 is 0 Å². The summed E-state index contributed by atoms with van der Waals surface area (Å²) in [5, 5.41) is 9.04. The number of rotatable bonds is 3. The summed E-state index contributed by atoms with van der Waals surface area (Å²) < 4.78 is 43.5. The molecule has 0 amide bonds. The molecule has 3 atom stereocenters. The molecule has 1 N–H and O–H groups in total. The minimum Gasteiger partial charge on any atom is -0.396 e. The van der Waals surface area contributed by atoms with Crippen molar-refractivity contribution in [3.63, 3.8) is 0 Å². The Labute approximate surface area is 81.3 Å². The van der Waals surface area contributed by atoms with Crippen LogP contribution in [0.25, 0.3) is 0 Å². The van der Waals surface area contributed by atoms with Crippen LogP contribution in [-0.2, 0) is 4.74 Å². The lowest BCUT2D eigenvalue weighted by molar-refractivity contribution is -0.0305. The second-order valence-corrected chi connectivity index (χ2v) is 3.14. The van der Waals surface area contributed by atoms with Crippen LogP contribution < -0.4 is 0 Å². The van der Waals surface area contributed by atoms with Gasteiger partial charge in [0.15, 0.2) is 0 Å². The Morgan fingerprint density at radius 3 is 3.25 bits per heavy atom. The van der Waals surface area contributed by atoms with Gasteiger partial charge in [-0.05, 0) is 19.6 Å². The lowest BCUT2D eigenvalue weighted by atomic mass is 9.99. The number of ether oxygens (including phenoxy) is 1. The van der Waals surface area contributed by atoms with E-state index in [1.807, 2.05) is 0 Å². The number of hydrogen-bond acceptors (Lipinski definition) is 2. The van der Waals surface area contributed by atoms with Gasteiger partial charge in [-0.3, -0.25) is 0 Å². The lowest BCUT2D eigenvalue weighted by Gasteiger charge is -2.23. The van der Waals surface area contributed by atoms with Gasteiger partial charge < -0.3 is 9.84 Å². The first-order valence-electron chi connectivity index (χ1n) is 6.53. The van der Waals surface area contributed by atoms with Crippen molar-refractivity contribution in [3.8, 4) is 0 Å². The molecule has 0 radical (unpaired) electrons. The monoisotopic (exact) mass is 175 g/mol. The van der Waals surface area contributed by atoms with Gasteiger partial charge in [0, 0.05) is 19.4 Å². The van der Waals surface area contributed by atoms with Crippen LogP contribution in [0, 0.1) is 5.92 Å². The quantitative estimate of drug-likeness (QED) is 0.662.